The van der Waals surface area contributed by atoms with Crippen molar-refractivity contribution in [3.63, 3.8) is 0 Å². The maximum absolute atomic E-state index is 11.8. The summed E-state index contributed by atoms with van der Waals surface area (Å²) in [7, 11) is 3.07. The second-order valence-electron chi connectivity index (χ2n) is 5.29. The molecule has 0 atom stereocenters. The Labute approximate surface area is 152 Å². The number of ether oxygens (including phenoxy) is 2. The van der Waals surface area contributed by atoms with Crippen LogP contribution in [0.1, 0.15) is 18.4 Å². The summed E-state index contributed by atoms with van der Waals surface area (Å²) in [5.74, 6) is 0.506. The van der Waals surface area contributed by atoms with Crippen molar-refractivity contribution in [1.82, 2.24) is 5.43 Å². The van der Waals surface area contributed by atoms with Crippen LogP contribution < -0.4 is 20.2 Å². The van der Waals surface area contributed by atoms with E-state index in [2.05, 4.69) is 15.8 Å². The monoisotopic (exact) mass is 355 g/mol. The Kier molecular flexibility index (Phi) is 7.17. The summed E-state index contributed by atoms with van der Waals surface area (Å²) in [6.07, 6.45) is 1.56. The Morgan fingerprint density at radius 3 is 2.38 bits per heavy atom. The van der Waals surface area contributed by atoms with Gasteiger partial charge in [0.15, 0.2) is 11.5 Å². The van der Waals surface area contributed by atoms with E-state index in [0.29, 0.717) is 22.7 Å². The van der Waals surface area contributed by atoms with E-state index in [-0.39, 0.29) is 24.7 Å². The van der Waals surface area contributed by atoms with Gasteiger partial charge in [-0.15, -0.1) is 0 Å². The van der Waals surface area contributed by atoms with Gasteiger partial charge in [-0.25, -0.2) is 5.43 Å². The third kappa shape index (κ3) is 5.62. The second kappa shape index (κ2) is 9.83. The zero-order chi connectivity index (χ0) is 18.8. The predicted octanol–water partition coefficient (Wildman–Crippen LogP) is 2.57. The fraction of sp³-hybridized carbons (Fsp3) is 0.211. The first kappa shape index (κ1) is 19.0. The van der Waals surface area contributed by atoms with Gasteiger partial charge in [0.1, 0.15) is 0 Å². The molecule has 7 nitrogen and oxygen atoms in total. The fourth-order valence-corrected chi connectivity index (χ4v) is 2.22. The van der Waals surface area contributed by atoms with Crippen LogP contribution in [0.25, 0.3) is 0 Å². The molecular weight excluding hydrogens is 334 g/mol. The fourth-order valence-electron chi connectivity index (χ4n) is 2.22. The van der Waals surface area contributed by atoms with Gasteiger partial charge in [0.25, 0.3) is 0 Å². The van der Waals surface area contributed by atoms with Gasteiger partial charge in [0.2, 0.25) is 11.8 Å². The Bertz CT molecular complexity index is 776. The summed E-state index contributed by atoms with van der Waals surface area (Å²) in [5.41, 5.74) is 3.75. The molecule has 0 aliphatic carbocycles. The Hall–Kier alpha value is -3.35. The van der Waals surface area contributed by atoms with Gasteiger partial charge in [-0.05, 0) is 24.3 Å². The first-order valence-corrected chi connectivity index (χ1v) is 8.02. The molecule has 2 aromatic rings. The van der Waals surface area contributed by atoms with Crippen molar-refractivity contribution >= 4 is 23.7 Å². The molecule has 2 amide bonds. The van der Waals surface area contributed by atoms with Crippen molar-refractivity contribution in [3.05, 3.63) is 54.1 Å². The number of anilines is 1. The highest BCUT2D eigenvalue weighted by atomic mass is 16.5. The van der Waals surface area contributed by atoms with Crippen molar-refractivity contribution in [2.24, 2.45) is 5.10 Å². The van der Waals surface area contributed by atoms with E-state index < -0.39 is 0 Å². The third-order valence-electron chi connectivity index (χ3n) is 3.46. The summed E-state index contributed by atoms with van der Waals surface area (Å²) >= 11 is 0. The molecular formula is C19H21N3O4. The largest absolute Gasteiger partial charge is 0.493 e. The molecule has 0 unspecified atom stereocenters. The summed E-state index contributed by atoms with van der Waals surface area (Å²) < 4.78 is 10.5. The average molecular weight is 355 g/mol. The van der Waals surface area contributed by atoms with Crippen LogP contribution in [0, 0.1) is 0 Å². The number of rotatable bonds is 8. The SMILES string of the molecule is COc1cccc(C=NNC(=O)CCC(=O)Nc2ccccc2)c1OC. The molecule has 0 bridgehead atoms. The van der Waals surface area contributed by atoms with Crippen molar-refractivity contribution < 1.29 is 19.1 Å². The van der Waals surface area contributed by atoms with Crippen molar-refractivity contribution in [2.45, 2.75) is 12.8 Å². The van der Waals surface area contributed by atoms with Crippen molar-refractivity contribution in [1.29, 1.82) is 0 Å². The molecule has 2 N–H and O–H groups in total. The summed E-state index contributed by atoms with van der Waals surface area (Å²) in [5, 5.41) is 6.61. The van der Waals surface area contributed by atoms with E-state index in [1.54, 1.807) is 37.4 Å². The molecule has 0 fully saturated rings. The Balaban J connectivity index is 1.81. The molecule has 0 saturated carbocycles. The molecule has 136 valence electrons. The zero-order valence-corrected chi connectivity index (χ0v) is 14.7. The maximum Gasteiger partial charge on any atom is 0.240 e. The lowest BCUT2D eigenvalue weighted by molar-refractivity contribution is -0.124. The number of carbonyl (C=O) groups is 2. The molecule has 26 heavy (non-hydrogen) atoms. The Morgan fingerprint density at radius 1 is 0.962 bits per heavy atom. The quantitative estimate of drug-likeness (QED) is 0.563. The van der Waals surface area contributed by atoms with E-state index in [9.17, 15) is 9.59 Å². The van der Waals surface area contributed by atoms with Crippen LogP contribution in [0.5, 0.6) is 11.5 Å². The molecule has 0 aromatic heterocycles. The van der Waals surface area contributed by atoms with Gasteiger partial charge in [-0.3, -0.25) is 9.59 Å². The maximum atomic E-state index is 11.8. The van der Waals surface area contributed by atoms with E-state index in [1.165, 1.54) is 13.3 Å². The van der Waals surface area contributed by atoms with Gasteiger partial charge in [-0.2, -0.15) is 5.10 Å². The van der Waals surface area contributed by atoms with Crippen LogP contribution >= 0.6 is 0 Å². The smallest absolute Gasteiger partial charge is 0.240 e. The summed E-state index contributed by atoms with van der Waals surface area (Å²) in [4.78, 5) is 23.6. The summed E-state index contributed by atoms with van der Waals surface area (Å²) in [6.45, 7) is 0. The first-order chi connectivity index (χ1) is 12.6. The number of para-hydroxylation sites is 2. The molecule has 2 aromatic carbocycles. The van der Waals surface area contributed by atoms with Crippen molar-refractivity contribution in [3.8, 4) is 11.5 Å². The minimum absolute atomic E-state index is 0.0330. The number of hydrogen-bond acceptors (Lipinski definition) is 5. The molecule has 0 heterocycles. The average Bonchev–Trinajstić information content (AvgIpc) is 2.67. The number of nitrogens with one attached hydrogen (secondary N) is 2. The highest BCUT2D eigenvalue weighted by molar-refractivity contribution is 5.93. The van der Waals surface area contributed by atoms with Crippen molar-refractivity contribution in [2.75, 3.05) is 19.5 Å². The predicted molar refractivity (Wildman–Crippen MR) is 99.6 cm³/mol. The molecule has 0 saturated heterocycles. The normalized spacial score (nSPS) is 10.4. The number of amides is 2. The molecule has 2 rings (SSSR count). The first-order valence-electron chi connectivity index (χ1n) is 8.02. The topological polar surface area (TPSA) is 89.0 Å². The van der Waals surface area contributed by atoms with Gasteiger partial charge in [-0.1, -0.05) is 24.3 Å². The van der Waals surface area contributed by atoms with E-state index in [4.69, 9.17) is 9.47 Å². The number of hydrazone groups is 1. The zero-order valence-electron chi connectivity index (χ0n) is 14.7. The van der Waals surface area contributed by atoms with Gasteiger partial charge in [0.05, 0.1) is 20.4 Å². The summed E-state index contributed by atoms with van der Waals surface area (Å²) in [6, 6.07) is 14.4. The molecule has 0 aliphatic rings. The lowest BCUT2D eigenvalue weighted by Crippen LogP contribution is -2.20. The highest BCUT2D eigenvalue weighted by Gasteiger charge is 2.08. The minimum atomic E-state index is -0.355. The number of hydrogen-bond donors (Lipinski definition) is 2. The van der Waals surface area contributed by atoms with Gasteiger partial charge in [0, 0.05) is 24.1 Å². The number of carbonyl (C=O) groups excluding carboxylic acids is 2. The molecule has 0 radical (unpaired) electrons. The highest BCUT2D eigenvalue weighted by Crippen LogP contribution is 2.29. The van der Waals surface area contributed by atoms with E-state index >= 15 is 0 Å². The standard InChI is InChI=1S/C19H21N3O4/c1-25-16-10-6-7-14(19(16)26-2)13-20-22-18(24)12-11-17(23)21-15-8-4-3-5-9-15/h3-10,13H,11-12H2,1-2H3,(H,21,23)(H,22,24). The minimum Gasteiger partial charge on any atom is -0.493 e. The van der Waals surface area contributed by atoms with Crippen LogP contribution in [0.15, 0.2) is 53.6 Å². The number of nitrogens with zero attached hydrogens (tertiary/aromatic N) is 1. The molecule has 7 heteroatoms. The third-order valence-corrected chi connectivity index (χ3v) is 3.46. The number of benzene rings is 2. The van der Waals surface area contributed by atoms with Crippen LogP contribution in [0.2, 0.25) is 0 Å². The van der Waals surface area contributed by atoms with Crippen LogP contribution in [-0.4, -0.2) is 32.2 Å². The van der Waals surface area contributed by atoms with E-state index in [0.717, 1.165) is 0 Å². The lowest BCUT2D eigenvalue weighted by atomic mass is 10.2. The van der Waals surface area contributed by atoms with Gasteiger partial charge >= 0.3 is 0 Å². The Morgan fingerprint density at radius 2 is 1.69 bits per heavy atom. The molecule has 0 spiro atoms. The van der Waals surface area contributed by atoms with Crippen LogP contribution in [-0.2, 0) is 9.59 Å². The van der Waals surface area contributed by atoms with Crippen LogP contribution in [0.4, 0.5) is 5.69 Å². The lowest BCUT2D eigenvalue weighted by Gasteiger charge is -2.09. The second-order valence-corrected chi connectivity index (χ2v) is 5.29. The van der Waals surface area contributed by atoms with E-state index in [1.807, 2.05) is 18.2 Å². The molecule has 0 aliphatic heterocycles. The number of methoxy groups -OCH3 is 2. The van der Waals surface area contributed by atoms with Gasteiger partial charge < -0.3 is 14.8 Å². The van der Waals surface area contributed by atoms with Crippen LogP contribution in [0.3, 0.4) is 0 Å².